The largest absolute Gasteiger partial charge is 0.444 e. The molecule has 2 rings (SSSR count). The summed E-state index contributed by atoms with van der Waals surface area (Å²) in [6.45, 7) is 9.06. The lowest BCUT2D eigenvalue weighted by Crippen LogP contribution is -2.49. The highest BCUT2D eigenvalue weighted by Crippen LogP contribution is 2.34. The SMILES string of the molecule is CC(NC(=O)OC(C)(C)C)C(=O)N(C1CC1)C(C)c1cccnc1. The summed E-state index contributed by atoms with van der Waals surface area (Å²) in [6, 6.07) is 3.34. The maximum absolute atomic E-state index is 12.9. The van der Waals surface area contributed by atoms with Crippen molar-refractivity contribution in [3.8, 4) is 0 Å². The minimum atomic E-state index is -0.639. The van der Waals surface area contributed by atoms with Gasteiger partial charge < -0.3 is 15.0 Å². The Morgan fingerprint density at radius 1 is 1.33 bits per heavy atom. The molecule has 0 spiro atoms. The lowest BCUT2D eigenvalue weighted by atomic mass is 10.1. The van der Waals surface area contributed by atoms with Gasteiger partial charge >= 0.3 is 6.09 Å². The highest BCUT2D eigenvalue weighted by molar-refractivity contribution is 5.86. The minimum absolute atomic E-state index is 0.0819. The zero-order valence-electron chi connectivity index (χ0n) is 15.1. The van der Waals surface area contributed by atoms with Crippen molar-refractivity contribution < 1.29 is 14.3 Å². The number of nitrogens with one attached hydrogen (secondary N) is 1. The fourth-order valence-corrected chi connectivity index (χ4v) is 2.59. The predicted molar refractivity (Wildman–Crippen MR) is 91.4 cm³/mol. The highest BCUT2D eigenvalue weighted by atomic mass is 16.6. The number of amides is 2. The smallest absolute Gasteiger partial charge is 0.408 e. The second-order valence-electron chi connectivity index (χ2n) is 7.31. The van der Waals surface area contributed by atoms with Crippen molar-refractivity contribution in [2.24, 2.45) is 0 Å². The van der Waals surface area contributed by atoms with Gasteiger partial charge in [0.2, 0.25) is 5.91 Å². The Bertz CT molecular complexity index is 579. The number of hydrogen-bond acceptors (Lipinski definition) is 4. The van der Waals surface area contributed by atoms with Crippen molar-refractivity contribution in [1.29, 1.82) is 0 Å². The van der Waals surface area contributed by atoms with Gasteiger partial charge in [-0.25, -0.2) is 4.79 Å². The average Bonchev–Trinajstić information content (AvgIpc) is 3.30. The van der Waals surface area contributed by atoms with Crippen molar-refractivity contribution in [3.05, 3.63) is 30.1 Å². The molecule has 2 atom stereocenters. The molecular formula is C18H27N3O3. The standard InChI is InChI=1S/C18H27N3O3/c1-12(20-17(23)24-18(3,4)5)16(22)21(15-8-9-15)13(2)14-7-6-10-19-11-14/h6-7,10-13,15H,8-9H2,1-5H3,(H,20,23). The molecule has 1 saturated carbocycles. The van der Waals surface area contributed by atoms with Gasteiger partial charge in [-0.2, -0.15) is 0 Å². The molecule has 1 heterocycles. The molecular weight excluding hydrogens is 306 g/mol. The normalized spacial score (nSPS) is 16.9. The molecule has 2 amide bonds. The van der Waals surface area contributed by atoms with Crippen LogP contribution in [-0.4, -0.2) is 39.6 Å². The monoisotopic (exact) mass is 333 g/mol. The van der Waals surface area contributed by atoms with Crippen LogP contribution in [0.4, 0.5) is 4.79 Å². The summed E-state index contributed by atoms with van der Waals surface area (Å²) < 4.78 is 5.23. The molecule has 0 radical (unpaired) electrons. The van der Waals surface area contributed by atoms with Gasteiger partial charge in [0.15, 0.2) is 0 Å². The van der Waals surface area contributed by atoms with Crippen molar-refractivity contribution >= 4 is 12.0 Å². The summed E-state index contributed by atoms with van der Waals surface area (Å²) in [4.78, 5) is 30.8. The first-order valence-corrected chi connectivity index (χ1v) is 8.40. The van der Waals surface area contributed by atoms with Gasteiger partial charge in [-0.3, -0.25) is 9.78 Å². The Labute approximate surface area is 143 Å². The molecule has 0 bridgehead atoms. The second-order valence-corrected chi connectivity index (χ2v) is 7.31. The van der Waals surface area contributed by atoms with Crippen LogP contribution < -0.4 is 5.32 Å². The number of ether oxygens (including phenoxy) is 1. The molecule has 1 aromatic heterocycles. The fraction of sp³-hybridized carbons (Fsp3) is 0.611. The van der Waals surface area contributed by atoms with Crippen LogP contribution in [0.2, 0.25) is 0 Å². The van der Waals surface area contributed by atoms with Gasteiger partial charge in [0, 0.05) is 18.4 Å². The van der Waals surface area contributed by atoms with E-state index in [2.05, 4.69) is 10.3 Å². The minimum Gasteiger partial charge on any atom is -0.444 e. The van der Waals surface area contributed by atoms with Crippen LogP contribution in [0.25, 0.3) is 0 Å². The molecule has 132 valence electrons. The summed E-state index contributed by atoms with van der Waals surface area (Å²) in [7, 11) is 0. The average molecular weight is 333 g/mol. The Morgan fingerprint density at radius 2 is 2.00 bits per heavy atom. The molecule has 2 unspecified atom stereocenters. The third-order valence-corrected chi connectivity index (χ3v) is 3.88. The van der Waals surface area contributed by atoms with Crippen LogP contribution in [0.15, 0.2) is 24.5 Å². The molecule has 1 fully saturated rings. The van der Waals surface area contributed by atoms with Crippen LogP contribution in [0.5, 0.6) is 0 Å². The molecule has 24 heavy (non-hydrogen) atoms. The van der Waals surface area contributed by atoms with Gasteiger partial charge in [-0.05, 0) is 59.1 Å². The molecule has 1 aliphatic rings. The van der Waals surface area contributed by atoms with Gasteiger partial charge in [0.05, 0.1) is 6.04 Å². The number of aromatic nitrogens is 1. The van der Waals surface area contributed by atoms with Crippen LogP contribution in [0.1, 0.15) is 59.1 Å². The van der Waals surface area contributed by atoms with Gasteiger partial charge in [-0.15, -0.1) is 0 Å². The summed E-state index contributed by atoms with van der Waals surface area (Å²) in [6.07, 6.45) is 4.91. The first-order chi connectivity index (χ1) is 11.2. The maximum Gasteiger partial charge on any atom is 0.408 e. The number of hydrogen-bond donors (Lipinski definition) is 1. The molecule has 1 aliphatic carbocycles. The lowest BCUT2D eigenvalue weighted by Gasteiger charge is -2.32. The third kappa shape index (κ3) is 4.94. The highest BCUT2D eigenvalue weighted by Gasteiger charge is 2.38. The van der Waals surface area contributed by atoms with Gasteiger partial charge in [0.25, 0.3) is 0 Å². The van der Waals surface area contributed by atoms with E-state index in [1.807, 2.05) is 24.0 Å². The number of carbonyl (C=O) groups is 2. The van der Waals surface area contributed by atoms with E-state index < -0.39 is 17.7 Å². The van der Waals surface area contributed by atoms with E-state index >= 15 is 0 Å². The van der Waals surface area contributed by atoms with Crippen LogP contribution in [0.3, 0.4) is 0 Å². The predicted octanol–water partition coefficient (Wildman–Crippen LogP) is 3.05. The Kier molecular flexibility index (Phi) is 5.47. The first kappa shape index (κ1) is 18.2. The van der Waals surface area contributed by atoms with Gasteiger partial charge in [-0.1, -0.05) is 6.07 Å². The zero-order valence-corrected chi connectivity index (χ0v) is 15.1. The van der Waals surface area contributed by atoms with E-state index in [1.54, 1.807) is 40.1 Å². The maximum atomic E-state index is 12.9. The first-order valence-electron chi connectivity index (χ1n) is 8.40. The van der Waals surface area contributed by atoms with Crippen molar-refractivity contribution in [1.82, 2.24) is 15.2 Å². The Balaban J connectivity index is 2.05. The van der Waals surface area contributed by atoms with Crippen LogP contribution >= 0.6 is 0 Å². The van der Waals surface area contributed by atoms with E-state index in [-0.39, 0.29) is 18.0 Å². The van der Waals surface area contributed by atoms with E-state index in [1.165, 1.54) is 0 Å². The number of carbonyl (C=O) groups excluding carboxylic acids is 2. The topological polar surface area (TPSA) is 71.5 Å². The lowest BCUT2D eigenvalue weighted by molar-refractivity contribution is -0.136. The molecule has 6 nitrogen and oxygen atoms in total. The molecule has 0 aromatic carbocycles. The van der Waals surface area contributed by atoms with E-state index in [4.69, 9.17) is 4.74 Å². The van der Waals surface area contributed by atoms with Gasteiger partial charge in [0.1, 0.15) is 11.6 Å². The van der Waals surface area contributed by atoms with E-state index in [0.717, 1.165) is 18.4 Å². The zero-order chi connectivity index (χ0) is 17.9. The van der Waals surface area contributed by atoms with Crippen molar-refractivity contribution in [2.75, 3.05) is 0 Å². The van der Waals surface area contributed by atoms with E-state index in [0.29, 0.717) is 0 Å². The Morgan fingerprint density at radius 3 is 2.50 bits per heavy atom. The second kappa shape index (κ2) is 7.20. The number of nitrogens with zero attached hydrogens (tertiary/aromatic N) is 2. The number of pyridine rings is 1. The number of alkyl carbamates (subject to hydrolysis) is 1. The molecule has 6 heteroatoms. The molecule has 1 aromatic rings. The Hall–Kier alpha value is -2.11. The summed E-state index contributed by atoms with van der Waals surface area (Å²) in [5.41, 5.74) is 0.397. The third-order valence-electron chi connectivity index (χ3n) is 3.88. The number of rotatable bonds is 5. The molecule has 1 N–H and O–H groups in total. The van der Waals surface area contributed by atoms with Crippen LogP contribution in [0, 0.1) is 0 Å². The van der Waals surface area contributed by atoms with E-state index in [9.17, 15) is 9.59 Å². The quantitative estimate of drug-likeness (QED) is 0.899. The van der Waals surface area contributed by atoms with Crippen molar-refractivity contribution in [2.45, 2.75) is 71.2 Å². The molecule has 0 aliphatic heterocycles. The molecule has 0 saturated heterocycles. The van der Waals surface area contributed by atoms with Crippen molar-refractivity contribution in [3.63, 3.8) is 0 Å². The fourth-order valence-electron chi connectivity index (χ4n) is 2.59. The summed E-state index contributed by atoms with van der Waals surface area (Å²) in [5, 5.41) is 2.64. The summed E-state index contributed by atoms with van der Waals surface area (Å²) in [5.74, 6) is -0.0975. The summed E-state index contributed by atoms with van der Waals surface area (Å²) >= 11 is 0. The van der Waals surface area contributed by atoms with Crippen LogP contribution in [-0.2, 0) is 9.53 Å².